The molecule has 0 bridgehead atoms. The van der Waals surface area contributed by atoms with Crippen LogP contribution in [0.3, 0.4) is 0 Å². The predicted molar refractivity (Wildman–Crippen MR) is 162 cm³/mol. The molecule has 0 fully saturated rings. The second-order valence-corrected chi connectivity index (χ2v) is 11.0. The molecule has 6 nitrogen and oxygen atoms in total. The lowest BCUT2D eigenvalue weighted by Gasteiger charge is -2.10. The first kappa shape index (κ1) is 25.8. The van der Waals surface area contributed by atoms with Crippen molar-refractivity contribution < 1.29 is 19.2 Å². The third-order valence-corrected chi connectivity index (χ3v) is 8.48. The highest BCUT2D eigenvalue weighted by Crippen LogP contribution is 2.30. The number of hydrogen-bond donors (Lipinski definition) is 0. The van der Waals surface area contributed by atoms with Gasteiger partial charge in [0.25, 0.3) is 23.6 Å². The molecule has 0 aromatic heterocycles. The Kier molecular flexibility index (Phi) is 6.01. The van der Waals surface area contributed by atoms with Gasteiger partial charge in [0.2, 0.25) is 0 Å². The molecule has 2 heterocycles. The minimum absolute atomic E-state index is 0.216. The fraction of sp³-hybridized carbons (Fsp3) is 0.167. The maximum atomic E-state index is 12.6. The van der Waals surface area contributed by atoms with Crippen molar-refractivity contribution >= 4 is 45.2 Å². The van der Waals surface area contributed by atoms with Gasteiger partial charge in [0.05, 0.1) is 22.3 Å². The normalized spacial score (nSPS) is 14.4. The molecule has 0 spiro atoms. The summed E-state index contributed by atoms with van der Waals surface area (Å²) in [5, 5.41) is 4.61. The Morgan fingerprint density at radius 3 is 1.19 bits per heavy atom. The third kappa shape index (κ3) is 4.02. The average molecular weight is 553 g/mol. The van der Waals surface area contributed by atoms with Crippen LogP contribution in [0.4, 0.5) is 0 Å². The number of rotatable bonds is 6. The zero-order valence-electron chi connectivity index (χ0n) is 23.4. The van der Waals surface area contributed by atoms with Crippen LogP contribution in [-0.4, -0.2) is 46.5 Å². The fourth-order valence-corrected chi connectivity index (χ4v) is 6.33. The zero-order valence-corrected chi connectivity index (χ0v) is 23.4. The molecule has 5 aromatic rings. The van der Waals surface area contributed by atoms with E-state index in [1.54, 1.807) is 12.1 Å². The van der Waals surface area contributed by atoms with Gasteiger partial charge in [-0.05, 0) is 94.8 Å². The van der Waals surface area contributed by atoms with Gasteiger partial charge in [0.1, 0.15) is 0 Å². The molecule has 2 aliphatic heterocycles. The largest absolute Gasteiger partial charge is 0.275 e. The van der Waals surface area contributed by atoms with Crippen LogP contribution in [0.1, 0.15) is 77.5 Å². The molecular formula is C36H28N2O4. The number of carbonyl (C=O) groups excluding carboxylic acids is 4. The maximum absolute atomic E-state index is 12.6. The fourth-order valence-electron chi connectivity index (χ4n) is 6.33. The van der Waals surface area contributed by atoms with Crippen LogP contribution < -0.4 is 0 Å². The SMILES string of the molecule is CCN1C(=O)c2ccc(Cc3ccc4c(ccc5cc(Cc6ccc7c(c6)C(=O)N(CC)C7=O)ccc54)c3)cc2C1=O. The molecule has 42 heavy (non-hydrogen) atoms. The molecule has 7 rings (SSSR count). The topological polar surface area (TPSA) is 74.8 Å². The molecule has 5 aromatic carbocycles. The van der Waals surface area contributed by atoms with E-state index in [0.717, 1.165) is 43.8 Å². The summed E-state index contributed by atoms with van der Waals surface area (Å²) in [5.74, 6) is -0.864. The Bertz CT molecular complexity index is 1860. The lowest BCUT2D eigenvalue weighted by Crippen LogP contribution is -2.29. The summed E-state index contributed by atoms with van der Waals surface area (Å²) >= 11 is 0. The number of hydrogen-bond acceptors (Lipinski definition) is 4. The molecule has 0 radical (unpaired) electrons. The van der Waals surface area contributed by atoms with Crippen molar-refractivity contribution in [3.05, 3.63) is 129 Å². The van der Waals surface area contributed by atoms with Crippen LogP contribution in [-0.2, 0) is 12.8 Å². The number of carbonyl (C=O) groups is 4. The van der Waals surface area contributed by atoms with Gasteiger partial charge in [-0.25, -0.2) is 0 Å². The Labute approximate surface area is 243 Å². The van der Waals surface area contributed by atoms with E-state index in [1.807, 2.05) is 38.1 Å². The van der Waals surface area contributed by atoms with Crippen molar-refractivity contribution in [1.29, 1.82) is 0 Å². The van der Waals surface area contributed by atoms with Crippen LogP contribution >= 0.6 is 0 Å². The summed E-state index contributed by atoms with van der Waals surface area (Å²) < 4.78 is 0. The summed E-state index contributed by atoms with van der Waals surface area (Å²) in [5.41, 5.74) is 6.21. The van der Waals surface area contributed by atoms with E-state index in [-0.39, 0.29) is 23.6 Å². The highest BCUT2D eigenvalue weighted by atomic mass is 16.2. The minimum Gasteiger partial charge on any atom is -0.275 e. The molecule has 2 aliphatic rings. The average Bonchev–Trinajstić information content (AvgIpc) is 3.39. The van der Waals surface area contributed by atoms with Gasteiger partial charge >= 0.3 is 0 Å². The highest BCUT2D eigenvalue weighted by Gasteiger charge is 2.35. The molecular weight excluding hydrogens is 524 g/mol. The van der Waals surface area contributed by atoms with E-state index in [0.29, 0.717) is 48.2 Å². The molecule has 0 unspecified atom stereocenters. The molecule has 0 saturated heterocycles. The molecule has 206 valence electrons. The summed E-state index contributed by atoms with van der Waals surface area (Å²) in [7, 11) is 0. The Morgan fingerprint density at radius 1 is 0.429 bits per heavy atom. The van der Waals surface area contributed by atoms with Crippen molar-refractivity contribution in [2.75, 3.05) is 13.1 Å². The standard InChI is InChI=1S/C36H28N2O4/c1-3-37-33(39)29-13-7-23(19-31(29)35(37)41)15-21-5-11-27-25(17-21)9-10-26-18-22(6-12-28(26)27)16-24-8-14-30-32(20-24)36(42)38(4-2)34(30)40/h5-14,17-20H,3-4,15-16H2,1-2H3. The highest BCUT2D eigenvalue weighted by molar-refractivity contribution is 6.22. The summed E-state index contributed by atoms with van der Waals surface area (Å²) in [4.78, 5) is 52.7. The van der Waals surface area contributed by atoms with Crippen LogP contribution in [0.25, 0.3) is 21.5 Å². The van der Waals surface area contributed by atoms with Gasteiger partial charge in [-0.1, -0.05) is 60.7 Å². The first-order chi connectivity index (χ1) is 20.4. The molecule has 4 amide bonds. The molecule has 0 aliphatic carbocycles. The van der Waals surface area contributed by atoms with Crippen LogP contribution in [0.15, 0.2) is 84.9 Å². The summed E-state index contributed by atoms with van der Waals surface area (Å²) in [6.07, 6.45) is 1.33. The number of benzene rings is 5. The van der Waals surface area contributed by atoms with Crippen LogP contribution in [0, 0.1) is 0 Å². The van der Waals surface area contributed by atoms with Gasteiger partial charge < -0.3 is 0 Å². The second kappa shape index (κ2) is 9.77. The van der Waals surface area contributed by atoms with Gasteiger partial charge in [-0.15, -0.1) is 0 Å². The Hall–Kier alpha value is -5.10. The van der Waals surface area contributed by atoms with E-state index in [2.05, 4.69) is 48.5 Å². The van der Waals surface area contributed by atoms with Gasteiger partial charge in [0.15, 0.2) is 0 Å². The van der Waals surface area contributed by atoms with Crippen molar-refractivity contribution in [3.8, 4) is 0 Å². The Balaban J connectivity index is 1.14. The Morgan fingerprint density at radius 2 is 0.786 bits per heavy atom. The molecule has 0 saturated carbocycles. The third-order valence-electron chi connectivity index (χ3n) is 8.48. The quantitative estimate of drug-likeness (QED) is 0.180. The monoisotopic (exact) mass is 552 g/mol. The van der Waals surface area contributed by atoms with E-state index >= 15 is 0 Å². The lowest BCUT2D eigenvalue weighted by atomic mass is 9.94. The van der Waals surface area contributed by atoms with Gasteiger partial charge in [-0.3, -0.25) is 29.0 Å². The number of fused-ring (bicyclic) bond motifs is 5. The van der Waals surface area contributed by atoms with Gasteiger partial charge in [-0.2, -0.15) is 0 Å². The van der Waals surface area contributed by atoms with Crippen LogP contribution in [0.5, 0.6) is 0 Å². The summed E-state index contributed by atoms with van der Waals surface area (Å²) in [6.45, 7) is 4.36. The molecule has 0 N–H and O–H groups in total. The first-order valence-electron chi connectivity index (χ1n) is 14.3. The zero-order chi connectivity index (χ0) is 29.1. The smallest absolute Gasteiger partial charge is 0.261 e. The number of amides is 4. The van der Waals surface area contributed by atoms with Crippen LogP contribution in [0.2, 0.25) is 0 Å². The van der Waals surface area contributed by atoms with E-state index in [4.69, 9.17) is 0 Å². The van der Waals surface area contributed by atoms with Crippen molar-refractivity contribution in [1.82, 2.24) is 9.80 Å². The predicted octanol–water partition coefficient (Wildman–Crippen LogP) is 6.41. The maximum Gasteiger partial charge on any atom is 0.261 e. The second-order valence-electron chi connectivity index (χ2n) is 11.0. The van der Waals surface area contributed by atoms with E-state index < -0.39 is 0 Å². The molecule has 0 atom stereocenters. The van der Waals surface area contributed by atoms with E-state index in [1.165, 1.54) is 9.80 Å². The lowest BCUT2D eigenvalue weighted by molar-refractivity contribution is 0.0647. The van der Waals surface area contributed by atoms with Crippen molar-refractivity contribution in [2.45, 2.75) is 26.7 Å². The summed E-state index contributed by atoms with van der Waals surface area (Å²) in [6, 6.07) is 28.3. The number of imide groups is 2. The molecule has 6 heteroatoms. The van der Waals surface area contributed by atoms with E-state index in [9.17, 15) is 19.2 Å². The van der Waals surface area contributed by atoms with Crippen molar-refractivity contribution in [2.24, 2.45) is 0 Å². The number of nitrogens with zero attached hydrogens (tertiary/aromatic N) is 2. The first-order valence-corrected chi connectivity index (χ1v) is 14.3. The minimum atomic E-state index is -0.216. The van der Waals surface area contributed by atoms with Crippen molar-refractivity contribution in [3.63, 3.8) is 0 Å². The van der Waals surface area contributed by atoms with Gasteiger partial charge in [0, 0.05) is 13.1 Å².